The number of para-hydroxylation sites is 1. The second-order valence-electron chi connectivity index (χ2n) is 6.23. The smallest absolute Gasteiger partial charge is 0.241 e. The minimum Gasteiger partial charge on any atom is -0.369 e. The maximum absolute atomic E-state index is 12.0. The molecule has 26 heavy (non-hydrogen) atoms. The van der Waals surface area contributed by atoms with Crippen molar-refractivity contribution in [1.82, 2.24) is 10.3 Å². The number of rotatable bonds is 6. The molecular weight excluding hydrogens is 439 g/mol. The summed E-state index contributed by atoms with van der Waals surface area (Å²) in [6.07, 6.45) is 2.16. The molecule has 1 N–H and O–H groups in total. The largest absolute Gasteiger partial charge is 0.369 e. The Kier molecular flexibility index (Phi) is 7.02. The Hall–Kier alpha value is -1.93. The van der Waals surface area contributed by atoms with Gasteiger partial charge in [0.25, 0.3) is 0 Å². The topological polar surface area (TPSA) is 47.9 Å². The highest BCUT2D eigenvalue weighted by atomic mass is 127. The Morgan fingerprint density at radius 2 is 1.73 bits per heavy atom. The van der Waals surface area contributed by atoms with Crippen molar-refractivity contribution < 1.29 is 4.79 Å². The van der Waals surface area contributed by atoms with E-state index in [-0.39, 0.29) is 5.91 Å². The SMILES string of the molecule is O=C(CCN1CCN(c2ccccc2)CC1)NN=Cc1ccccc1I. The summed E-state index contributed by atoms with van der Waals surface area (Å²) in [7, 11) is 0. The van der Waals surface area contributed by atoms with Gasteiger partial charge < -0.3 is 4.90 Å². The maximum Gasteiger partial charge on any atom is 0.241 e. The number of halogens is 1. The number of carbonyl (C=O) groups excluding carboxylic acids is 1. The molecule has 0 saturated carbocycles. The zero-order valence-corrected chi connectivity index (χ0v) is 16.8. The van der Waals surface area contributed by atoms with Gasteiger partial charge in [-0.25, -0.2) is 5.43 Å². The van der Waals surface area contributed by atoms with Gasteiger partial charge in [0, 0.05) is 54.0 Å². The molecule has 0 unspecified atom stereocenters. The number of nitrogens with zero attached hydrogens (tertiary/aromatic N) is 3. The molecule has 1 aliphatic rings. The lowest BCUT2D eigenvalue weighted by Gasteiger charge is -2.36. The van der Waals surface area contributed by atoms with Gasteiger partial charge in [-0.3, -0.25) is 9.69 Å². The van der Waals surface area contributed by atoms with E-state index in [1.54, 1.807) is 6.21 Å². The van der Waals surface area contributed by atoms with Crippen molar-refractivity contribution in [2.75, 3.05) is 37.6 Å². The van der Waals surface area contributed by atoms with Crippen LogP contribution >= 0.6 is 22.6 Å². The molecule has 1 heterocycles. The molecule has 0 atom stereocenters. The minimum atomic E-state index is -0.0438. The van der Waals surface area contributed by atoms with Gasteiger partial charge in [0.1, 0.15) is 0 Å². The summed E-state index contributed by atoms with van der Waals surface area (Å²) in [5, 5.41) is 4.06. The monoisotopic (exact) mass is 462 g/mol. The molecule has 0 aromatic heterocycles. The summed E-state index contributed by atoms with van der Waals surface area (Å²) in [6, 6.07) is 18.4. The van der Waals surface area contributed by atoms with E-state index in [0.29, 0.717) is 6.42 Å². The highest BCUT2D eigenvalue weighted by Crippen LogP contribution is 2.15. The van der Waals surface area contributed by atoms with Crippen LogP contribution in [0, 0.1) is 3.57 Å². The van der Waals surface area contributed by atoms with Crippen LogP contribution in [0.15, 0.2) is 59.7 Å². The summed E-state index contributed by atoms with van der Waals surface area (Å²) < 4.78 is 1.11. The first kappa shape index (κ1) is 18.8. The van der Waals surface area contributed by atoms with Crippen molar-refractivity contribution in [3.05, 3.63) is 63.7 Å². The lowest BCUT2D eigenvalue weighted by atomic mass is 10.2. The average Bonchev–Trinajstić information content (AvgIpc) is 2.69. The van der Waals surface area contributed by atoms with Crippen LogP contribution in [0.3, 0.4) is 0 Å². The highest BCUT2D eigenvalue weighted by molar-refractivity contribution is 14.1. The molecule has 3 rings (SSSR count). The average molecular weight is 462 g/mol. The van der Waals surface area contributed by atoms with Crippen molar-refractivity contribution in [1.29, 1.82) is 0 Å². The van der Waals surface area contributed by atoms with Gasteiger partial charge in [-0.2, -0.15) is 5.10 Å². The Labute approximate surface area is 168 Å². The van der Waals surface area contributed by atoms with Crippen molar-refractivity contribution in [3.8, 4) is 0 Å². The number of benzene rings is 2. The number of carbonyl (C=O) groups is 1. The number of hydrazone groups is 1. The standard InChI is InChI=1S/C20H23IN4O/c21-19-9-5-4-6-17(19)16-22-23-20(26)10-11-24-12-14-25(15-13-24)18-7-2-1-3-8-18/h1-9,16H,10-15H2,(H,23,26). The first-order valence-corrected chi connectivity index (χ1v) is 9.89. The Bertz CT molecular complexity index is 742. The maximum atomic E-state index is 12.0. The lowest BCUT2D eigenvalue weighted by Crippen LogP contribution is -2.47. The van der Waals surface area contributed by atoms with Gasteiger partial charge in [-0.1, -0.05) is 36.4 Å². The Balaban J connectivity index is 1.37. The fourth-order valence-corrected chi connectivity index (χ4v) is 3.46. The fraction of sp³-hybridized carbons (Fsp3) is 0.300. The molecule has 1 saturated heterocycles. The van der Waals surface area contributed by atoms with Gasteiger partial charge in [0.15, 0.2) is 0 Å². The molecule has 1 amide bonds. The molecule has 2 aromatic rings. The van der Waals surface area contributed by atoms with Gasteiger partial charge in [0.2, 0.25) is 5.91 Å². The Morgan fingerprint density at radius 3 is 2.46 bits per heavy atom. The van der Waals surface area contributed by atoms with Crippen molar-refractivity contribution in [2.45, 2.75) is 6.42 Å². The summed E-state index contributed by atoms with van der Waals surface area (Å²) in [6.45, 7) is 4.72. The second-order valence-corrected chi connectivity index (χ2v) is 7.39. The number of piperazine rings is 1. The number of anilines is 1. The molecule has 1 aliphatic heterocycles. The molecule has 0 aliphatic carbocycles. The van der Waals surface area contributed by atoms with E-state index < -0.39 is 0 Å². The van der Waals surface area contributed by atoms with E-state index in [9.17, 15) is 4.79 Å². The van der Waals surface area contributed by atoms with Crippen LogP contribution in [-0.2, 0) is 4.79 Å². The van der Waals surface area contributed by atoms with Crippen LogP contribution in [0.4, 0.5) is 5.69 Å². The molecule has 6 heteroatoms. The molecular formula is C20H23IN4O. The van der Waals surface area contributed by atoms with Gasteiger partial charge in [-0.15, -0.1) is 0 Å². The Morgan fingerprint density at radius 1 is 1.04 bits per heavy atom. The molecule has 136 valence electrons. The third-order valence-corrected chi connectivity index (χ3v) is 5.43. The normalized spacial score (nSPS) is 15.3. The zero-order valence-electron chi connectivity index (χ0n) is 14.6. The van der Waals surface area contributed by atoms with E-state index in [1.807, 2.05) is 30.3 Å². The predicted octanol–water partition coefficient (Wildman–Crippen LogP) is 2.95. The molecule has 0 bridgehead atoms. The van der Waals surface area contributed by atoms with Crippen molar-refractivity contribution in [2.24, 2.45) is 5.10 Å². The van der Waals surface area contributed by atoms with Crippen LogP contribution < -0.4 is 10.3 Å². The summed E-state index contributed by atoms with van der Waals surface area (Å²) >= 11 is 2.25. The van der Waals surface area contributed by atoms with Crippen LogP contribution in [0.25, 0.3) is 0 Å². The summed E-state index contributed by atoms with van der Waals surface area (Å²) in [5.74, 6) is -0.0438. The highest BCUT2D eigenvalue weighted by Gasteiger charge is 2.17. The van der Waals surface area contributed by atoms with Crippen LogP contribution in [0.5, 0.6) is 0 Å². The van der Waals surface area contributed by atoms with E-state index >= 15 is 0 Å². The van der Waals surface area contributed by atoms with Gasteiger partial charge >= 0.3 is 0 Å². The lowest BCUT2D eigenvalue weighted by molar-refractivity contribution is -0.121. The predicted molar refractivity (Wildman–Crippen MR) is 115 cm³/mol. The van der Waals surface area contributed by atoms with E-state index in [4.69, 9.17) is 0 Å². The molecule has 0 spiro atoms. The zero-order chi connectivity index (χ0) is 18.2. The third-order valence-electron chi connectivity index (χ3n) is 4.45. The first-order chi connectivity index (χ1) is 12.7. The van der Waals surface area contributed by atoms with E-state index in [1.165, 1.54) is 5.69 Å². The fourth-order valence-electron chi connectivity index (χ4n) is 2.94. The molecule has 1 fully saturated rings. The molecule has 0 radical (unpaired) electrons. The number of amides is 1. The molecule has 5 nitrogen and oxygen atoms in total. The van der Waals surface area contributed by atoms with Crippen molar-refractivity contribution >= 4 is 40.4 Å². The second kappa shape index (κ2) is 9.68. The van der Waals surface area contributed by atoms with E-state index in [0.717, 1.165) is 41.9 Å². The summed E-state index contributed by atoms with van der Waals surface area (Å²) in [5.41, 5.74) is 4.90. The van der Waals surface area contributed by atoms with Crippen molar-refractivity contribution in [3.63, 3.8) is 0 Å². The number of nitrogens with one attached hydrogen (secondary N) is 1. The number of hydrogen-bond acceptors (Lipinski definition) is 4. The number of hydrogen-bond donors (Lipinski definition) is 1. The van der Waals surface area contributed by atoms with Gasteiger partial charge in [-0.05, 0) is 40.8 Å². The van der Waals surface area contributed by atoms with Crippen LogP contribution in [-0.4, -0.2) is 49.7 Å². The summed E-state index contributed by atoms with van der Waals surface area (Å²) in [4.78, 5) is 16.7. The first-order valence-electron chi connectivity index (χ1n) is 8.81. The molecule has 2 aromatic carbocycles. The third kappa shape index (κ3) is 5.54. The van der Waals surface area contributed by atoms with Crippen LogP contribution in [0.2, 0.25) is 0 Å². The van der Waals surface area contributed by atoms with Crippen LogP contribution in [0.1, 0.15) is 12.0 Å². The minimum absolute atomic E-state index is 0.0438. The van der Waals surface area contributed by atoms with Gasteiger partial charge in [0.05, 0.1) is 6.21 Å². The van der Waals surface area contributed by atoms with E-state index in [2.05, 4.69) is 67.2 Å². The quantitative estimate of drug-likeness (QED) is 0.408.